The zero-order valence-electron chi connectivity index (χ0n) is 8.37. The van der Waals surface area contributed by atoms with Crippen molar-refractivity contribution in [3.8, 4) is 0 Å². The van der Waals surface area contributed by atoms with Gasteiger partial charge in [-0.25, -0.2) is 4.79 Å². The third-order valence-electron chi connectivity index (χ3n) is 1.78. The van der Waals surface area contributed by atoms with Gasteiger partial charge in [-0.2, -0.15) is 0 Å². The van der Waals surface area contributed by atoms with Crippen LogP contribution in [-0.2, 0) is 9.53 Å². The molecule has 1 aliphatic heterocycles. The molecule has 0 aromatic heterocycles. The molecule has 1 heterocycles. The highest BCUT2D eigenvalue weighted by atomic mass is 35.5. The normalized spacial score (nSPS) is 16.5. The lowest BCUT2D eigenvalue weighted by Crippen LogP contribution is -2.29. The molecule has 1 aliphatic rings. The first-order valence-corrected chi connectivity index (χ1v) is 4.44. The number of aliphatic hydroxyl groups excluding tert-OH is 1. The van der Waals surface area contributed by atoms with Crippen molar-refractivity contribution in [2.45, 2.75) is 26.4 Å². The summed E-state index contributed by atoms with van der Waals surface area (Å²) in [6.45, 7) is 4.66. The summed E-state index contributed by atoms with van der Waals surface area (Å²) in [6, 6.07) is 0. The van der Waals surface area contributed by atoms with E-state index in [4.69, 9.17) is 4.74 Å². The molecule has 2 N–H and O–H groups in total. The largest absolute Gasteiger partial charge is 0.510 e. The zero-order valence-corrected chi connectivity index (χ0v) is 9.19. The van der Waals surface area contributed by atoms with E-state index >= 15 is 0 Å². The molecule has 82 valence electrons. The fraction of sp³-hybridized carbons (Fsp3) is 0.667. The van der Waals surface area contributed by atoms with Crippen molar-refractivity contribution in [3.63, 3.8) is 0 Å². The van der Waals surface area contributed by atoms with Crippen molar-refractivity contribution in [1.29, 1.82) is 0 Å². The lowest BCUT2D eigenvalue weighted by molar-refractivity contribution is -0.143. The minimum atomic E-state index is -0.394. The second-order valence-corrected chi connectivity index (χ2v) is 3.31. The van der Waals surface area contributed by atoms with E-state index in [2.05, 4.69) is 5.32 Å². The molecule has 0 spiro atoms. The molecule has 0 atom stereocenters. The summed E-state index contributed by atoms with van der Waals surface area (Å²) in [5.74, 6) is -0.286. The van der Waals surface area contributed by atoms with E-state index in [0.717, 1.165) is 0 Å². The average Bonchev–Trinajstić information content (AvgIpc) is 2.03. The number of rotatable bonds is 2. The summed E-state index contributed by atoms with van der Waals surface area (Å²) in [5, 5.41) is 12.3. The standard InChI is InChI=1S/C9H15NO3.ClH/c1-6(2)13-9(12)7-3-4-10-5-8(7)11;/h6,10-11H,3-5H2,1-2H3;1H. The van der Waals surface area contributed by atoms with Gasteiger partial charge in [0.15, 0.2) is 0 Å². The molecule has 0 fully saturated rings. The van der Waals surface area contributed by atoms with Crippen LogP contribution >= 0.6 is 12.4 Å². The van der Waals surface area contributed by atoms with Gasteiger partial charge in [0.25, 0.3) is 0 Å². The third-order valence-corrected chi connectivity index (χ3v) is 1.78. The molecule has 0 bridgehead atoms. The van der Waals surface area contributed by atoms with E-state index in [-0.39, 0.29) is 24.3 Å². The molecule has 14 heavy (non-hydrogen) atoms. The lowest BCUT2D eigenvalue weighted by atomic mass is 10.1. The molecule has 0 amide bonds. The maximum absolute atomic E-state index is 11.4. The Bertz CT molecular complexity index is 238. The fourth-order valence-electron chi connectivity index (χ4n) is 1.18. The number of carbonyl (C=O) groups excluding carboxylic acids is 1. The van der Waals surface area contributed by atoms with Crippen molar-refractivity contribution >= 4 is 18.4 Å². The van der Waals surface area contributed by atoms with Crippen molar-refractivity contribution in [2.24, 2.45) is 0 Å². The molecular formula is C9H16ClNO3. The van der Waals surface area contributed by atoms with E-state index in [1.165, 1.54) is 0 Å². The first-order chi connectivity index (χ1) is 6.11. The highest BCUT2D eigenvalue weighted by Gasteiger charge is 2.20. The van der Waals surface area contributed by atoms with Gasteiger partial charge in [0.1, 0.15) is 5.76 Å². The average molecular weight is 222 g/mol. The van der Waals surface area contributed by atoms with Crippen molar-refractivity contribution in [2.75, 3.05) is 13.1 Å². The lowest BCUT2D eigenvalue weighted by Gasteiger charge is -2.17. The van der Waals surface area contributed by atoms with Gasteiger partial charge in [-0.1, -0.05) is 0 Å². The Morgan fingerprint density at radius 3 is 2.71 bits per heavy atom. The van der Waals surface area contributed by atoms with E-state index in [9.17, 15) is 9.90 Å². The Labute approximate surface area is 89.7 Å². The number of ether oxygens (including phenoxy) is 1. The SMILES string of the molecule is CC(C)OC(=O)C1=C(O)CNCC1.Cl. The molecule has 0 saturated carbocycles. The van der Waals surface area contributed by atoms with Gasteiger partial charge in [-0.05, 0) is 26.8 Å². The molecular weight excluding hydrogens is 206 g/mol. The van der Waals surface area contributed by atoms with Crippen LogP contribution in [0.2, 0.25) is 0 Å². The van der Waals surface area contributed by atoms with Crippen LogP contribution in [0.25, 0.3) is 0 Å². The Balaban J connectivity index is 0.00000169. The van der Waals surface area contributed by atoms with Crippen molar-refractivity contribution in [1.82, 2.24) is 5.32 Å². The predicted molar refractivity (Wildman–Crippen MR) is 55.6 cm³/mol. The zero-order chi connectivity index (χ0) is 9.84. The summed E-state index contributed by atoms with van der Waals surface area (Å²) in [5.41, 5.74) is 0.410. The fourth-order valence-corrected chi connectivity index (χ4v) is 1.18. The summed E-state index contributed by atoms with van der Waals surface area (Å²) in [4.78, 5) is 11.4. The van der Waals surface area contributed by atoms with E-state index in [0.29, 0.717) is 25.1 Å². The van der Waals surface area contributed by atoms with Crippen LogP contribution in [-0.4, -0.2) is 30.3 Å². The number of aliphatic hydroxyl groups is 1. The second kappa shape index (κ2) is 5.88. The molecule has 0 aromatic rings. The Morgan fingerprint density at radius 1 is 1.57 bits per heavy atom. The van der Waals surface area contributed by atoms with Crippen LogP contribution in [0.5, 0.6) is 0 Å². The number of nitrogens with one attached hydrogen (secondary N) is 1. The number of halogens is 1. The minimum absolute atomic E-state index is 0. The highest BCUT2D eigenvalue weighted by Crippen LogP contribution is 2.12. The van der Waals surface area contributed by atoms with E-state index in [1.54, 1.807) is 13.8 Å². The quantitative estimate of drug-likeness (QED) is 0.688. The molecule has 0 aromatic carbocycles. The predicted octanol–water partition coefficient (Wildman–Crippen LogP) is 1.17. The molecule has 4 nitrogen and oxygen atoms in total. The number of hydrogen-bond acceptors (Lipinski definition) is 4. The second-order valence-electron chi connectivity index (χ2n) is 3.31. The van der Waals surface area contributed by atoms with Gasteiger partial charge < -0.3 is 15.2 Å². The van der Waals surface area contributed by atoms with Crippen LogP contribution < -0.4 is 5.32 Å². The first-order valence-electron chi connectivity index (χ1n) is 4.44. The Kier molecular flexibility index (Phi) is 5.57. The molecule has 0 saturated heterocycles. The summed E-state index contributed by atoms with van der Waals surface area (Å²) < 4.78 is 4.98. The van der Waals surface area contributed by atoms with Gasteiger partial charge in [-0.15, -0.1) is 12.4 Å². The van der Waals surface area contributed by atoms with Gasteiger partial charge in [0.2, 0.25) is 0 Å². The molecule has 1 rings (SSSR count). The minimum Gasteiger partial charge on any atom is -0.510 e. The monoisotopic (exact) mass is 221 g/mol. The van der Waals surface area contributed by atoms with Gasteiger partial charge in [-0.3, -0.25) is 0 Å². The van der Waals surface area contributed by atoms with Crippen LogP contribution in [0.1, 0.15) is 20.3 Å². The molecule has 5 heteroatoms. The van der Waals surface area contributed by atoms with Crippen molar-refractivity contribution < 1.29 is 14.6 Å². The Hall–Kier alpha value is -0.740. The molecule has 0 radical (unpaired) electrons. The summed E-state index contributed by atoms with van der Waals surface area (Å²) in [7, 11) is 0. The maximum atomic E-state index is 11.4. The summed E-state index contributed by atoms with van der Waals surface area (Å²) >= 11 is 0. The molecule has 0 aliphatic carbocycles. The van der Waals surface area contributed by atoms with Crippen LogP contribution in [0, 0.1) is 0 Å². The van der Waals surface area contributed by atoms with Gasteiger partial charge in [0, 0.05) is 0 Å². The number of esters is 1. The smallest absolute Gasteiger partial charge is 0.337 e. The van der Waals surface area contributed by atoms with E-state index in [1.807, 2.05) is 0 Å². The molecule has 0 unspecified atom stereocenters. The highest BCUT2D eigenvalue weighted by molar-refractivity contribution is 5.89. The third kappa shape index (κ3) is 3.55. The summed E-state index contributed by atoms with van der Waals surface area (Å²) in [6.07, 6.45) is 0.403. The maximum Gasteiger partial charge on any atom is 0.337 e. The first kappa shape index (κ1) is 13.3. The number of hydrogen-bond donors (Lipinski definition) is 2. The number of carbonyl (C=O) groups is 1. The topological polar surface area (TPSA) is 58.6 Å². The van der Waals surface area contributed by atoms with Gasteiger partial charge in [0.05, 0.1) is 18.2 Å². The van der Waals surface area contributed by atoms with Gasteiger partial charge >= 0.3 is 5.97 Å². The Morgan fingerprint density at radius 2 is 2.21 bits per heavy atom. The van der Waals surface area contributed by atoms with Crippen LogP contribution in [0.3, 0.4) is 0 Å². The van der Waals surface area contributed by atoms with Crippen LogP contribution in [0.4, 0.5) is 0 Å². The van der Waals surface area contributed by atoms with Crippen molar-refractivity contribution in [3.05, 3.63) is 11.3 Å². The van der Waals surface area contributed by atoms with Crippen LogP contribution in [0.15, 0.2) is 11.3 Å². The van der Waals surface area contributed by atoms with E-state index < -0.39 is 5.97 Å².